The molecule has 0 unspecified atom stereocenters. The van der Waals surface area contributed by atoms with E-state index >= 15 is 0 Å². The van der Waals surface area contributed by atoms with Gasteiger partial charge < -0.3 is 14.2 Å². The van der Waals surface area contributed by atoms with Gasteiger partial charge in [0, 0.05) is 11.1 Å². The Bertz CT molecular complexity index is 438. The average molecular weight is 221 g/mol. The molecular formula is C11H11NO4. The minimum absolute atomic E-state index is 0.240. The minimum Gasteiger partial charge on any atom is -0.496 e. The van der Waals surface area contributed by atoms with Crippen molar-refractivity contribution >= 4 is 6.08 Å². The standard InChI is InChI=1S/C11H11NO4/c1-14-10-3-9-5-15-7-16-11(9)2-8(10)4-12-6-13/h2-3H,4-5,7H2,1H3. The van der Waals surface area contributed by atoms with Crippen LogP contribution in [0.15, 0.2) is 17.1 Å². The Labute approximate surface area is 92.6 Å². The van der Waals surface area contributed by atoms with E-state index < -0.39 is 0 Å². The van der Waals surface area contributed by atoms with Gasteiger partial charge in [0.1, 0.15) is 11.5 Å². The number of methoxy groups -OCH3 is 1. The van der Waals surface area contributed by atoms with E-state index in [4.69, 9.17) is 14.2 Å². The number of carbonyl (C=O) groups excluding carboxylic acids is 1. The van der Waals surface area contributed by atoms with Gasteiger partial charge in [-0.25, -0.2) is 9.79 Å². The summed E-state index contributed by atoms with van der Waals surface area (Å²) in [5, 5.41) is 0. The molecule has 0 saturated carbocycles. The first-order chi connectivity index (χ1) is 7.85. The van der Waals surface area contributed by atoms with E-state index in [1.807, 2.05) is 12.1 Å². The maximum Gasteiger partial charge on any atom is 0.235 e. The summed E-state index contributed by atoms with van der Waals surface area (Å²) in [6.45, 7) is 0.989. The highest BCUT2D eigenvalue weighted by molar-refractivity contribution is 5.47. The maximum absolute atomic E-state index is 10.1. The van der Waals surface area contributed by atoms with Crippen LogP contribution in [-0.2, 0) is 22.7 Å². The van der Waals surface area contributed by atoms with Crippen molar-refractivity contribution in [3.05, 3.63) is 23.3 Å². The molecule has 0 bridgehead atoms. The summed E-state index contributed by atoms with van der Waals surface area (Å²) in [5.41, 5.74) is 1.73. The molecule has 1 heterocycles. The van der Waals surface area contributed by atoms with E-state index in [2.05, 4.69) is 4.99 Å². The molecule has 0 fully saturated rings. The Balaban J connectivity index is 2.38. The van der Waals surface area contributed by atoms with E-state index in [0.717, 1.165) is 16.9 Å². The Morgan fingerprint density at radius 1 is 1.56 bits per heavy atom. The van der Waals surface area contributed by atoms with Gasteiger partial charge in [-0.2, -0.15) is 0 Å². The molecule has 0 spiro atoms. The maximum atomic E-state index is 10.1. The SMILES string of the molecule is COc1cc2c(cc1CN=C=O)OCOC2. The van der Waals surface area contributed by atoms with Gasteiger partial charge in [-0.1, -0.05) is 0 Å². The Kier molecular flexibility index (Phi) is 3.19. The lowest BCUT2D eigenvalue weighted by Crippen LogP contribution is -2.12. The Hall–Kier alpha value is -1.84. The second-order valence-electron chi connectivity index (χ2n) is 3.29. The summed E-state index contributed by atoms with van der Waals surface area (Å²) >= 11 is 0. The summed E-state index contributed by atoms with van der Waals surface area (Å²) in [5.74, 6) is 1.43. The van der Waals surface area contributed by atoms with E-state index in [1.165, 1.54) is 6.08 Å². The van der Waals surface area contributed by atoms with Crippen LogP contribution in [0.3, 0.4) is 0 Å². The minimum atomic E-state index is 0.240. The monoisotopic (exact) mass is 221 g/mol. The van der Waals surface area contributed by atoms with Gasteiger partial charge in [-0.15, -0.1) is 0 Å². The van der Waals surface area contributed by atoms with Crippen LogP contribution in [0.4, 0.5) is 0 Å². The largest absolute Gasteiger partial charge is 0.496 e. The molecule has 1 aromatic rings. The molecule has 0 radical (unpaired) electrons. The highest BCUT2D eigenvalue weighted by Gasteiger charge is 2.15. The molecule has 0 amide bonds. The topological polar surface area (TPSA) is 57.1 Å². The molecule has 0 saturated heterocycles. The number of nitrogens with zero attached hydrogens (tertiary/aromatic N) is 1. The molecule has 1 aliphatic heterocycles. The van der Waals surface area contributed by atoms with Crippen molar-refractivity contribution in [2.45, 2.75) is 13.2 Å². The lowest BCUT2D eigenvalue weighted by atomic mass is 10.1. The van der Waals surface area contributed by atoms with E-state index in [9.17, 15) is 4.79 Å². The first-order valence-corrected chi connectivity index (χ1v) is 4.79. The molecule has 0 aromatic heterocycles. The van der Waals surface area contributed by atoms with Crippen molar-refractivity contribution in [1.29, 1.82) is 0 Å². The fraction of sp³-hybridized carbons (Fsp3) is 0.364. The number of rotatable bonds is 3. The van der Waals surface area contributed by atoms with E-state index in [-0.39, 0.29) is 13.3 Å². The van der Waals surface area contributed by atoms with Crippen LogP contribution in [0, 0.1) is 0 Å². The van der Waals surface area contributed by atoms with E-state index in [0.29, 0.717) is 12.4 Å². The fourth-order valence-electron chi connectivity index (χ4n) is 1.58. The summed E-state index contributed by atoms with van der Waals surface area (Å²) < 4.78 is 15.7. The lowest BCUT2D eigenvalue weighted by Gasteiger charge is -2.19. The van der Waals surface area contributed by atoms with Gasteiger partial charge in [0.05, 0.1) is 20.3 Å². The molecule has 0 aliphatic carbocycles. The van der Waals surface area contributed by atoms with Crippen LogP contribution >= 0.6 is 0 Å². The van der Waals surface area contributed by atoms with Crippen LogP contribution in [-0.4, -0.2) is 20.0 Å². The second kappa shape index (κ2) is 4.79. The molecule has 0 N–H and O–H groups in total. The third-order valence-electron chi connectivity index (χ3n) is 2.33. The van der Waals surface area contributed by atoms with Crippen molar-refractivity contribution in [3.63, 3.8) is 0 Å². The smallest absolute Gasteiger partial charge is 0.235 e. The first kappa shape index (κ1) is 10.7. The summed E-state index contributed by atoms with van der Waals surface area (Å²) in [4.78, 5) is 13.6. The fourth-order valence-corrected chi connectivity index (χ4v) is 1.58. The molecule has 5 heteroatoms. The number of isocyanates is 1. The first-order valence-electron chi connectivity index (χ1n) is 4.79. The zero-order chi connectivity index (χ0) is 11.4. The third-order valence-corrected chi connectivity index (χ3v) is 2.33. The van der Waals surface area contributed by atoms with Crippen molar-refractivity contribution in [3.8, 4) is 11.5 Å². The van der Waals surface area contributed by atoms with Crippen molar-refractivity contribution in [2.75, 3.05) is 13.9 Å². The van der Waals surface area contributed by atoms with Gasteiger partial charge >= 0.3 is 0 Å². The van der Waals surface area contributed by atoms with Crippen LogP contribution in [0.1, 0.15) is 11.1 Å². The molecule has 1 aromatic carbocycles. The van der Waals surface area contributed by atoms with Crippen LogP contribution in [0.5, 0.6) is 11.5 Å². The van der Waals surface area contributed by atoms with E-state index in [1.54, 1.807) is 7.11 Å². The average Bonchev–Trinajstić information content (AvgIpc) is 2.35. The Morgan fingerprint density at radius 3 is 3.19 bits per heavy atom. The van der Waals surface area contributed by atoms with Crippen molar-refractivity contribution < 1.29 is 19.0 Å². The van der Waals surface area contributed by atoms with Crippen molar-refractivity contribution in [1.82, 2.24) is 0 Å². The van der Waals surface area contributed by atoms with Gasteiger partial charge in [-0.3, -0.25) is 0 Å². The number of hydrogen-bond acceptors (Lipinski definition) is 5. The van der Waals surface area contributed by atoms with Crippen LogP contribution in [0.25, 0.3) is 0 Å². The van der Waals surface area contributed by atoms with Crippen molar-refractivity contribution in [2.24, 2.45) is 4.99 Å². The molecule has 16 heavy (non-hydrogen) atoms. The molecule has 5 nitrogen and oxygen atoms in total. The summed E-state index contributed by atoms with van der Waals surface area (Å²) in [7, 11) is 1.57. The van der Waals surface area contributed by atoms with Gasteiger partial charge in [0.25, 0.3) is 0 Å². The van der Waals surface area contributed by atoms with Crippen LogP contribution in [0.2, 0.25) is 0 Å². The summed E-state index contributed by atoms with van der Waals surface area (Å²) in [6, 6.07) is 3.65. The predicted molar refractivity (Wildman–Crippen MR) is 55.1 cm³/mol. The molecular weight excluding hydrogens is 210 g/mol. The van der Waals surface area contributed by atoms with Gasteiger partial charge in [-0.05, 0) is 12.1 Å². The number of ether oxygens (including phenoxy) is 3. The number of benzene rings is 1. The highest BCUT2D eigenvalue weighted by atomic mass is 16.7. The number of hydrogen-bond donors (Lipinski definition) is 0. The zero-order valence-corrected chi connectivity index (χ0v) is 8.86. The van der Waals surface area contributed by atoms with Gasteiger partial charge in [0.15, 0.2) is 6.79 Å². The normalized spacial score (nSPS) is 13.3. The quantitative estimate of drug-likeness (QED) is 0.571. The third kappa shape index (κ3) is 2.05. The zero-order valence-electron chi connectivity index (χ0n) is 8.86. The molecule has 2 rings (SSSR count). The van der Waals surface area contributed by atoms with Crippen LogP contribution < -0.4 is 9.47 Å². The molecule has 84 valence electrons. The van der Waals surface area contributed by atoms with Gasteiger partial charge in [0.2, 0.25) is 6.08 Å². The summed E-state index contributed by atoms with van der Waals surface area (Å²) in [6.07, 6.45) is 1.50. The second-order valence-corrected chi connectivity index (χ2v) is 3.29. The molecule has 0 atom stereocenters. The Morgan fingerprint density at radius 2 is 2.44 bits per heavy atom. The highest BCUT2D eigenvalue weighted by Crippen LogP contribution is 2.31. The number of fused-ring (bicyclic) bond motifs is 1. The molecule has 1 aliphatic rings. The number of aliphatic imine (C=N–C) groups is 1. The lowest BCUT2D eigenvalue weighted by molar-refractivity contribution is -0.0165. The predicted octanol–water partition coefficient (Wildman–Crippen LogP) is 1.40.